The van der Waals surface area contributed by atoms with Crippen LogP contribution >= 0.6 is 35.3 Å². The van der Waals surface area contributed by atoms with Gasteiger partial charge in [0.1, 0.15) is 0 Å². The summed E-state index contributed by atoms with van der Waals surface area (Å²) in [5.41, 5.74) is 5.92. The first-order valence-electron chi connectivity index (χ1n) is 6.87. The molecule has 0 saturated carbocycles. The summed E-state index contributed by atoms with van der Waals surface area (Å²) >= 11 is 7.25. The van der Waals surface area contributed by atoms with Crippen LogP contribution < -0.4 is 11.1 Å². The van der Waals surface area contributed by atoms with E-state index in [1.807, 2.05) is 6.07 Å². The molecule has 0 radical (unpaired) electrons. The lowest BCUT2D eigenvalue weighted by Crippen LogP contribution is -2.40. The second kappa shape index (κ2) is 9.15. The minimum absolute atomic E-state index is 0. The first-order chi connectivity index (χ1) is 10.1. The molecular weight excluding hydrogens is 345 g/mol. The Morgan fingerprint density at radius 2 is 2.32 bits per heavy atom. The molecule has 122 valence electrons. The number of unbranched alkanes of at least 4 members (excludes halogenated alkanes) is 1. The number of halogens is 2. The molecule has 3 N–H and O–H groups in total. The lowest BCUT2D eigenvalue weighted by Gasteiger charge is -2.15. The van der Waals surface area contributed by atoms with Gasteiger partial charge in [-0.15, -0.1) is 23.7 Å². The summed E-state index contributed by atoms with van der Waals surface area (Å²) in [6.45, 7) is 2.52. The Morgan fingerprint density at radius 1 is 1.55 bits per heavy atom. The zero-order valence-electron chi connectivity index (χ0n) is 12.2. The number of nitrogens with one attached hydrogen (secondary N) is 1. The Balaban J connectivity index is 0.00000242. The second-order valence-corrected chi connectivity index (χ2v) is 6.44. The normalized spacial score (nSPS) is 11.8. The van der Waals surface area contributed by atoms with E-state index in [4.69, 9.17) is 21.9 Å². The number of carbonyl (C=O) groups excluding carboxylic acids is 1. The SMILES string of the molecule is CCCCC(CN)NC(=O)c1cc(-c2ccc(Cl)s2)on1.Cl. The number of nitrogens with two attached hydrogens (primary N) is 1. The summed E-state index contributed by atoms with van der Waals surface area (Å²) in [6, 6.07) is 5.19. The van der Waals surface area contributed by atoms with E-state index < -0.39 is 0 Å². The second-order valence-electron chi connectivity index (χ2n) is 4.73. The average Bonchev–Trinajstić information content (AvgIpc) is 3.11. The van der Waals surface area contributed by atoms with Crippen LogP contribution in [0.5, 0.6) is 0 Å². The van der Waals surface area contributed by atoms with Gasteiger partial charge < -0.3 is 15.6 Å². The van der Waals surface area contributed by atoms with E-state index in [2.05, 4.69) is 17.4 Å². The van der Waals surface area contributed by atoms with Crippen molar-refractivity contribution in [2.24, 2.45) is 5.73 Å². The van der Waals surface area contributed by atoms with Gasteiger partial charge in [-0.05, 0) is 18.6 Å². The third-order valence-corrected chi connectivity index (χ3v) is 4.33. The van der Waals surface area contributed by atoms with Gasteiger partial charge in [0.25, 0.3) is 5.91 Å². The van der Waals surface area contributed by atoms with Crippen molar-refractivity contribution in [1.29, 1.82) is 0 Å². The Labute approximate surface area is 144 Å². The molecule has 2 rings (SSSR count). The zero-order chi connectivity index (χ0) is 15.2. The number of hydrogen-bond acceptors (Lipinski definition) is 5. The van der Waals surface area contributed by atoms with Crippen molar-refractivity contribution >= 4 is 41.3 Å². The van der Waals surface area contributed by atoms with E-state index in [9.17, 15) is 4.79 Å². The van der Waals surface area contributed by atoms with Crippen LogP contribution in [0.2, 0.25) is 4.34 Å². The highest BCUT2D eigenvalue weighted by Crippen LogP contribution is 2.31. The number of amides is 1. The quantitative estimate of drug-likeness (QED) is 0.785. The molecular formula is C14H19Cl2N3O2S. The van der Waals surface area contributed by atoms with Gasteiger partial charge in [0.2, 0.25) is 0 Å². The van der Waals surface area contributed by atoms with Gasteiger partial charge in [-0.1, -0.05) is 36.5 Å². The van der Waals surface area contributed by atoms with Crippen molar-refractivity contribution < 1.29 is 9.32 Å². The maximum atomic E-state index is 12.1. The summed E-state index contributed by atoms with van der Waals surface area (Å²) < 4.78 is 5.85. The molecule has 0 aromatic carbocycles. The molecule has 2 heterocycles. The van der Waals surface area contributed by atoms with Crippen molar-refractivity contribution in [2.75, 3.05) is 6.54 Å². The highest BCUT2D eigenvalue weighted by atomic mass is 35.5. The predicted molar refractivity (Wildman–Crippen MR) is 91.9 cm³/mol. The molecule has 1 unspecified atom stereocenters. The van der Waals surface area contributed by atoms with Gasteiger partial charge in [0, 0.05) is 18.7 Å². The van der Waals surface area contributed by atoms with E-state index in [1.165, 1.54) is 11.3 Å². The van der Waals surface area contributed by atoms with E-state index in [-0.39, 0.29) is 30.0 Å². The summed E-state index contributed by atoms with van der Waals surface area (Å²) in [7, 11) is 0. The average molecular weight is 364 g/mol. The summed E-state index contributed by atoms with van der Waals surface area (Å²) in [4.78, 5) is 13.0. The summed E-state index contributed by atoms with van der Waals surface area (Å²) in [5.74, 6) is 0.272. The maximum Gasteiger partial charge on any atom is 0.273 e. The van der Waals surface area contributed by atoms with Gasteiger partial charge in [-0.25, -0.2) is 0 Å². The standard InChI is InChI=1S/C14H18ClN3O2S.ClH/c1-2-3-4-9(8-16)17-14(19)10-7-11(20-18-10)12-5-6-13(15)21-12;/h5-7,9H,2-4,8,16H2,1H3,(H,17,19);1H. The topological polar surface area (TPSA) is 81.1 Å². The third-order valence-electron chi connectivity index (χ3n) is 3.08. The summed E-state index contributed by atoms with van der Waals surface area (Å²) in [6.07, 6.45) is 2.96. The van der Waals surface area contributed by atoms with Crippen LogP contribution in [0.4, 0.5) is 0 Å². The molecule has 0 spiro atoms. The zero-order valence-corrected chi connectivity index (χ0v) is 14.6. The fourth-order valence-electron chi connectivity index (χ4n) is 1.90. The predicted octanol–water partition coefficient (Wildman–Crippen LogP) is 3.73. The lowest BCUT2D eigenvalue weighted by molar-refractivity contribution is 0.0926. The van der Waals surface area contributed by atoms with Gasteiger partial charge >= 0.3 is 0 Å². The molecule has 1 atom stereocenters. The third kappa shape index (κ3) is 4.98. The minimum Gasteiger partial charge on any atom is -0.355 e. The summed E-state index contributed by atoms with van der Waals surface area (Å²) in [5, 5.41) is 6.68. The van der Waals surface area contributed by atoms with Crippen LogP contribution in [-0.2, 0) is 0 Å². The van der Waals surface area contributed by atoms with Crippen molar-refractivity contribution in [2.45, 2.75) is 32.2 Å². The van der Waals surface area contributed by atoms with Crippen LogP contribution in [-0.4, -0.2) is 23.7 Å². The highest BCUT2D eigenvalue weighted by molar-refractivity contribution is 7.19. The molecule has 8 heteroatoms. The van der Waals surface area contributed by atoms with Crippen LogP contribution in [0.25, 0.3) is 10.6 Å². The molecule has 0 saturated heterocycles. The first kappa shape index (κ1) is 19.0. The Kier molecular flexibility index (Phi) is 7.89. The monoisotopic (exact) mass is 363 g/mol. The Morgan fingerprint density at radius 3 is 2.91 bits per heavy atom. The number of carbonyl (C=O) groups is 1. The number of nitrogens with zero attached hydrogens (tertiary/aromatic N) is 1. The molecule has 1 amide bonds. The fraction of sp³-hybridized carbons (Fsp3) is 0.429. The molecule has 5 nitrogen and oxygen atoms in total. The fourth-order valence-corrected chi connectivity index (χ4v) is 2.90. The molecule has 2 aromatic rings. The van der Waals surface area contributed by atoms with Crippen LogP contribution in [0, 0.1) is 0 Å². The van der Waals surface area contributed by atoms with Gasteiger partial charge in [-0.2, -0.15) is 0 Å². The molecule has 0 fully saturated rings. The van der Waals surface area contributed by atoms with E-state index in [1.54, 1.807) is 12.1 Å². The Bertz CT molecular complexity index is 600. The van der Waals surface area contributed by atoms with Crippen molar-refractivity contribution in [3.05, 3.63) is 28.2 Å². The Hall–Kier alpha value is -1.08. The number of aromatic nitrogens is 1. The molecule has 2 aromatic heterocycles. The number of thiophene rings is 1. The van der Waals surface area contributed by atoms with Crippen molar-refractivity contribution in [3.63, 3.8) is 0 Å². The maximum absolute atomic E-state index is 12.1. The molecule has 0 aliphatic rings. The smallest absolute Gasteiger partial charge is 0.273 e. The number of hydrogen-bond donors (Lipinski definition) is 2. The molecule has 22 heavy (non-hydrogen) atoms. The largest absolute Gasteiger partial charge is 0.355 e. The van der Waals surface area contributed by atoms with E-state index in [0.717, 1.165) is 24.1 Å². The van der Waals surface area contributed by atoms with Gasteiger partial charge in [0.15, 0.2) is 11.5 Å². The highest BCUT2D eigenvalue weighted by Gasteiger charge is 2.17. The van der Waals surface area contributed by atoms with E-state index >= 15 is 0 Å². The molecule has 0 bridgehead atoms. The van der Waals surface area contributed by atoms with Gasteiger partial charge in [-0.3, -0.25) is 4.79 Å². The molecule has 0 aliphatic heterocycles. The minimum atomic E-state index is -0.265. The van der Waals surface area contributed by atoms with Gasteiger partial charge in [0.05, 0.1) is 9.21 Å². The lowest BCUT2D eigenvalue weighted by atomic mass is 10.1. The molecule has 0 aliphatic carbocycles. The van der Waals surface area contributed by atoms with Crippen LogP contribution in [0.3, 0.4) is 0 Å². The van der Waals surface area contributed by atoms with E-state index in [0.29, 0.717) is 16.6 Å². The van der Waals surface area contributed by atoms with Crippen LogP contribution in [0.1, 0.15) is 36.7 Å². The van der Waals surface area contributed by atoms with Crippen molar-refractivity contribution in [1.82, 2.24) is 10.5 Å². The van der Waals surface area contributed by atoms with Crippen LogP contribution in [0.15, 0.2) is 22.7 Å². The first-order valence-corrected chi connectivity index (χ1v) is 8.06. The van der Waals surface area contributed by atoms with Crippen molar-refractivity contribution in [3.8, 4) is 10.6 Å². The number of rotatable bonds is 7.